The Hall–Kier alpha value is -2.51. The van der Waals surface area contributed by atoms with Gasteiger partial charge in [-0.3, -0.25) is 9.89 Å². The van der Waals surface area contributed by atoms with E-state index in [1.54, 1.807) is 34.3 Å². The van der Waals surface area contributed by atoms with Crippen molar-refractivity contribution in [3.05, 3.63) is 45.0 Å². The summed E-state index contributed by atoms with van der Waals surface area (Å²) in [7, 11) is 4.73. The number of aryl methyl sites for hydroxylation is 1. The second kappa shape index (κ2) is 6.78. The maximum Gasteiger partial charge on any atom is 0.291 e. The molecule has 0 saturated carbocycles. The summed E-state index contributed by atoms with van der Waals surface area (Å²) in [6.07, 6.45) is 0. The molecule has 0 atom stereocenters. The largest absolute Gasteiger partial charge is 0.493 e. The van der Waals surface area contributed by atoms with E-state index < -0.39 is 0 Å². The Morgan fingerprint density at radius 2 is 1.92 bits per heavy atom. The maximum absolute atomic E-state index is 12.4. The van der Waals surface area contributed by atoms with Crippen LogP contribution in [0.25, 0.3) is 16.8 Å². The highest BCUT2D eigenvalue weighted by Crippen LogP contribution is 2.35. The van der Waals surface area contributed by atoms with Crippen molar-refractivity contribution in [2.45, 2.75) is 13.5 Å². The number of ether oxygens (including phenoxy) is 3. The van der Waals surface area contributed by atoms with Gasteiger partial charge in [0, 0.05) is 12.7 Å². The fourth-order valence-electron chi connectivity index (χ4n) is 2.75. The molecule has 0 amide bonds. The number of fused-ring (bicyclic) bond motifs is 1. The van der Waals surface area contributed by atoms with Crippen molar-refractivity contribution in [2.75, 3.05) is 21.3 Å². The number of hydrogen-bond donors (Lipinski definition) is 1. The van der Waals surface area contributed by atoms with E-state index in [9.17, 15) is 4.79 Å². The van der Waals surface area contributed by atoms with E-state index in [0.29, 0.717) is 28.5 Å². The number of nitrogens with zero attached hydrogens (tertiary/aromatic N) is 2. The van der Waals surface area contributed by atoms with E-state index in [-0.39, 0.29) is 17.2 Å². The molecule has 3 rings (SSSR count). The van der Waals surface area contributed by atoms with Crippen molar-refractivity contribution in [2.24, 2.45) is 0 Å². The minimum Gasteiger partial charge on any atom is -0.493 e. The quantitative estimate of drug-likeness (QED) is 0.754. The molecule has 0 aliphatic rings. The van der Waals surface area contributed by atoms with E-state index in [1.165, 1.54) is 4.52 Å². The van der Waals surface area contributed by atoms with E-state index in [4.69, 9.17) is 25.8 Å². The second-order valence-electron chi connectivity index (χ2n) is 5.44. The first-order valence-electron chi connectivity index (χ1n) is 7.52. The number of methoxy groups -OCH3 is 3. The number of hydrogen-bond acceptors (Lipinski definition) is 5. The molecule has 0 aliphatic carbocycles. The first kappa shape index (κ1) is 17.3. The van der Waals surface area contributed by atoms with Gasteiger partial charge in [0.2, 0.25) is 0 Å². The van der Waals surface area contributed by atoms with Crippen LogP contribution in [0.5, 0.6) is 11.5 Å². The first-order valence-corrected chi connectivity index (χ1v) is 7.90. The summed E-state index contributed by atoms with van der Waals surface area (Å²) in [5.41, 5.74) is 2.87. The normalized spacial score (nSPS) is 11.1. The Morgan fingerprint density at radius 3 is 2.56 bits per heavy atom. The zero-order valence-corrected chi connectivity index (χ0v) is 15.1. The number of halogens is 1. The third-order valence-corrected chi connectivity index (χ3v) is 4.36. The van der Waals surface area contributed by atoms with Crippen LogP contribution in [-0.2, 0) is 11.3 Å². The predicted octanol–water partition coefficient (Wildman–Crippen LogP) is 2.82. The van der Waals surface area contributed by atoms with Crippen LogP contribution in [0.1, 0.15) is 11.4 Å². The number of benzene rings is 1. The summed E-state index contributed by atoms with van der Waals surface area (Å²) in [5, 5.41) is 3.11. The molecule has 0 aliphatic heterocycles. The summed E-state index contributed by atoms with van der Waals surface area (Å²) in [6, 6.07) is 5.51. The highest BCUT2D eigenvalue weighted by molar-refractivity contribution is 6.31. The lowest BCUT2D eigenvalue weighted by Crippen LogP contribution is -2.17. The Balaban J connectivity index is 2.34. The van der Waals surface area contributed by atoms with Crippen molar-refractivity contribution in [3.63, 3.8) is 0 Å². The van der Waals surface area contributed by atoms with Crippen LogP contribution in [0.2, 0.25) is 5.02 Å². The second-order valence-corrected chi connectivity index (χ2v) is 5.82. The average molecular weight is 364 g/mol. The molecule has 8 heteroatoms. The number of H-pyrrole nitrogens is 1. The third kappa shape index (κ3) is 2.85. The predicted molar refractivity (Wildman–Crippen MR) is 94.8 cm³/mol. The maximum atomic E-state index is 12.4. The lowest BCUT2D eigenvalue weighted by molar-refractivity contribution is 0.181. The van der Waals surface area contributed by atoms with Gasteiger partial charge in [0.05, 0.1) is 32.2 Å². The minimum atomic E-state index is -0.353. The van der Waals surface area contributed by atoms with E-state index in [0.717, 1.165) is 11.1 Å². The molecule has 132 valence electrons. The summed E-state index contributed by atoms with van der Waals surface area (Å²) in [4.78, 5) is 16.9. The van der Waals surface area contributed by atoms with Crippen LogP contribution in [-0.4, -0.2) is 35.9 Å². The molecule has 25 heavy (non-hydrogen) atoms. The van der Waals surface area contributed by atoms with Gasteiger partial charge in [0.25, 0.3) is 5.56 Å². The van der Waals surface area contributed by atoms with Gasteiger partial charge in [0.1, 0.15) is 5.02 Å². The number of aromatic amines is 1. The van der Waals surface area contributed by atoms with Gasteiger partial charge >= 0.3 is 0 Å². The monoisotopic (exact) mass is 363 g/mol. The Bertz CT molecular complexity index is 994. The Morgan fingerprint density at radius 1 is 1.20 bits per heavy atom. The number of rotatable bonds is 5. The number of aromatic nitrogens is 3. The zero-order valence-electron chi connectivity index (χ0n) is 14.3. The van der Waals surface area contributed by atoms with Gasteiger partial charge < -0.3 is 14.2 Å². The van der Waals surface area contributed by atoms with Gasteiger partial charge in [0.15, 0.2) is 17.1 Å². The highest BCUT2D eigenvalue weighted by Gasteiger charge is 2.20. The molecule has 0 radical (unpaired) electrons. The Kier molecular flexibility index (Phi) is 4.69. The van der Waals surface area contributed by atoms with E-state index in [1.807, 2.05) is 12.1 Å². The smallest absolute Gasteiger partial charge is 0.291 e. The molecule has 0 fully saturated rings. The van der Waals surface area contributed by atoms with Crippen molar-refractivity contribution in [1.82, 2.24) is 14.6 Å². The van der Waals surface area contributed by atoms with Gasteiger partial charge in [-0.2, -0.15) is 4.52 Å². The molecule has 2 heterocycles. The topological polar surface area (TPSA) is 77.9 Å². The fraction of sp³-hybridized carbons (Fsp3) is 0.294. The fourth-order valence-corrected chi connectivity index (χ4v) is 2.87. The molecular formula is C17H18ClN3O4. The van der Waals surface area contributed by atoms with Crippen LogP contribution in [0.4, 0.5) is 0 Å². The van der Waals surface area contributed by atoms with E-state index >= 15 is 0 Å². The lowest BCUT2D eigenvalue weighted by Gasteiger charge is -2.10. The van der Waals surface area contributed by atoms with Crippen LogP contribution < -0.4 is 15.0 Å². The van der Waals surface area contributed by atoms with Crippen LogP contribution in [0.3, 0.4) is 0 Å². The highest BCUT2D eigenvalue weighted by atomic mass is 35.5. The molecule has 0 saturated heterocycles. The van der Waals surface area contributed by atoms with Crippen LogP contribution in [0, 0.1) is 6.92 Å². The summed E-state index contributed by atoms with van der Waals surface area (Å²) in [6.45, 7) is 1.98. The molecule has 1 aromatic carbocycles. The van der Waals surface area contributed by atoms with Crippen LogP contribution in [0.15, 0.2) is 23.0 Å². The van der Waals surface area contributed by atoms with Crippen molar-refractivity contribution >= 4 is 17.2 Å². The minimum absolute atomic E-state index is 0.0848. The SMILES string of the molecule is COCc1[nH]n2c(=O)c(Cl)c(C)nc2c1-c1ccc(OC)c(OC)c1. The molecule has 0 unspecified atom stereocenters. The molecular weight excluding hydrogens is 346 g/mol. The first-order chi connectivity index (χ1) is 12.0. The van der Waals surface area contributed by atoms with Crippen LogP contribution >= 0.6 is 11.6 Å². The van der Waals surface area contributed by atoms with Gasteiger partial charge in [-0.25, -0.2) is 4.98 Å². The Labute approximate surface area is 149 Å². The van der Waals surface area contributed by atoms with Gasteiger partial charge in [-0.15, -0.1) is 0 Å². The van der Waals surface area contributed by atoms with E-state index in [2.05, 4.69) is 10.1 Å². The van der Waals surface area contributed by atoms with Crippen molar-refractivity contribution < 1.29 is 14.2 Å². The molecule has 7 nitrogen and oxygen atoms in total. The molecule has 0 spiro atoms. The van der Waals surface area contributed by atoms with Crippen molar-refractivity contribution in [3.8, 4) is 22.6 Å². The molecule has 1 N–H and O–H groups in total. The van der Waals surface area contributed by atoms with Crippen molar-refractivity contribution in [1.29, 1.82) is 0 Å². The summed E-state index contributed by atoms with van der Waals surface area (Å²) < 4.78 is 17.2. The third-order valence-electron chi connectivity index (χ3n) is 3.93. The van der Waals surface area contributed by atoms with Gasteiger partial charge in [-0.05, 0) is 24.6 Å². The number of nitrogens with one attached hydrogen (secondary N) is 1. The average Bonchev–Trinajstić information content (AvgIpc) is 2.97. The molecule has 2 aromatic heterocycles. The summed E-state index contributed by atoms with van der Waals surface area (Å²) >= 11 is 6.04. The summed E-state index contributed by atoms with van der Waals surface area (Å²) in [5.74, 6) is 1.19. The molecule has 0 bridgehead atoms. The zero-order chi connectivity index (χ0) is 18.1. The lowest BCUT2D eigenvalue weighted by atomic mass is 10.0. The van der Waals surface area contributed by atoms with Gasteiger partial charge in [-0.1, -0.05) is 17.7 Å². The standard InChI is InChI=1S/C17H18ClN3O4/c1-9-15(18)17(22)21-16(19-9)14(11(20-21)8-23-2)10-5-6-12(24-3)13(7-10)25-4/h5-7,20H,8H2,1-4H3. The molecule has 3 aromatic rings.